The van der Waals surface area contributed by atoms with Crippen molar-refractivity contribution >= 4 is 17.5 Å². The molecule has 5 heteroatoms. The Balaban J connectivity index is 2.12. The Morgan fingerprint density at radius 3 is 2.33 bits per heavy atom. The molecule has 1 aromatic carbocycles. The summed E-state index contributed by atoms with van der Waals surface area (Å²) in [5.41, 5.74) is 6.87. The van der Waals surface area contributed by atoms with Gasteiger partial charge in [0.15, 0.2) is 0 Å². The molecule has 0 radical (unpaired) electrons. The normalized spacial score (nSPS) is 19.8. The van der Waals surface area contributed by atoms with Crippen molar-refractivity contribution in [1.29, 1.82) is 0 Å². The van der Waals surface area contributed by atoms with Gasteiger partial charge in [-0.1, -0.05) is 45.4 Å². The zero-order chi connectivity index (χ0) is 20.0. The van der Waals surface area contributed by atoms with Gasteiger partial charge in [0.25, 0.3) is 0 Å². The van der Waals surface area contributed by atoms with Crippen LogP contribution < -0.4 is 10.6 Å². The lowest BCUT2D eigenvalue weighted by Gasteiger charge is -2.43. The van der Waals surface area contributed by atoms with Gasteiger partial charge >= 0.3 is 0 Å². The lowest BCUT2D eigenvalue weighted by Crippen LogP contribution is -2.56. The minimum absolute atomic E-state index is 0.0977. The molecule has 0 saturated carbocycles. The van der Waals surface area contributed by atoms with Crippen LogP contribution in [0.5, 0.6) is 0 Å². The van der Waals surface area contributed by atoms with E-state index in [4.69, 9.17) is 5.73 Å². The number of para-hydroxylation sites is 1. The zero-order valence-corrected chi connectivity index (χ0v) is 17.2. The van der Waals surface area contributed by atoms with Crippen molar-refractivity contribution in [3.05, 3.63) is 30.3 Å². The molecule has 0 bridgehead atoms. The summed E-state index contributed by atoms with van der Waals surface area (Å²) in [6, 6.07) is 10.6. The molecule has 2 rings (SSSR count). The van der Waals surface area contributed by atoms with Crippen LogP contribution in [0.15, 0.2) is 30.3 Å². The van der Waals surface area contributed by atoms with Gasteiger partial charge in [0, 0.05) is 43.2 Å². The number of rotatable bonds is 8. The largest absolute Gasteiger partial charge is 0.369 e. The molecule has 150 valence electrons. The highest BCUT2D eigenvalue weighted by Crippen LogP contribution is 2.28. The van der Waals surface area contributed by atoms with Gasteiger partial charge in [0.2, 0.25) is 11.8 Å². The van der Waals surface area contributed by atoms with E-state index < -0.39 is 0 Å². The van der Waals surface area contributed by atoms with Crippen molar-refractivity contribution in [3.8, 4) is 0 Å². The summed E-state index contributed by atoms with van der Waals surface area (Å²) in [5, 5.41) is 0. The minimum Gasteiger partial charge on any atom is -0.369 e. The van der Waals surface area contributed by atoms with Crippen LogP contribution in [0, 0.1) is 17.8 Å². The Morgan fingerprint density at radius 2 is 1.81 bits per heavy atom. The summed E-state index contributed by atoms with van der Waals surface area (Å²) < 4.78 is 0. The van der Waals surface area contributed by atoms with Crippen LogP contribution in [0.4, 0.5) is 5.69 Å². The fraction of sp³-hybridized carbons (Fsp3) is 0.636. The van der Waals surface area contributed by atoms with Crippen molar-refractivity contribution in [3.63, 3.8) is 0 Å². The molecular weight excluding hydrogens is 338 g/mol. The number of piperazine rings is 1. The first-order chi connectivity index (χ1) is 12.8. The lowest BCUT2D eigenvalue weighted by atomic mass is 9.81. The second kappa shape index (κ2) is 9.77. The van der Waals surface area contributed by atoms with E-state index in [1.807, 2.05) is 30.0 Å². The standard InChI is InChI=1S/C22H35N3O2/c1-5-9-19(21(23)26)20(14-16(2)3)22(27)24-12-13-25(17(4)15-24)18-10-7-6-8-11-18/h6-8,10-11,16-17,19-20H,5,9,12-15H2,1-4H3,(H2,23,26)/t17-,19?,20?/m1/s1. The van der Waals surface area contributed by atoms with Crippen LogP contribution in [0.3, 0.4) is 0 Å². The van der Waals surface area contributed by atoms with Crippen molar-refractivity contribution < 1.29 is 9.59 Å². The highest BCUT2D eigenvalue weighted by atomic mass is 16.2. The molecule has 0 aliphatic carbocycles. The van der Waals surface area contributed by atoms with Crippen LogP contribution in [-0.2, 0) is 9.59 Å². The molecule has 5 nitrogen and oxygen atoms in total. The Kier molecular flexibility index (Phi) is 7.69. The van der Waals surface area contributed by atoms with E-state index in [-0.39, 0.29) is 29.7 Å². The highest BCUT2D eigenvalue weighted by molar-refractivity contribution is 5.87. The van der Waals surface area contributed by atoms with Gasteiger partial charge in [-0.2, -0.15) is 0 Å². The van der Waals surface area contributed by atoms with Gasteiger partial charge in [0.05, 0.1) is 0 Å². The van der Waals surface area contributed by atoms with Crippen LogP contribution in [0.2, 0.25) is 0 Å². The lowest BCUT2D eigenvalue weighted by molar-refractivity contribution is -0.142. The van der Waals surface area contributed by atoms with Crippen molar-refractivity contribution in [1.82, 2.24) is 4.90 Å². The fourth-order valence-electron chi connectivity index (χ4n) is 4.19. The van der Waals surface area contributed by atoms with E-state index in [0.29, 0.717) is 31.8 Å². The van der Waals surface area contributed by atoms with E-state index >= 15 is 0 Å². The van der Waals surface area contributed by atoms with E-state index in [2.05, 4.69) is 37.8 Å². The number of nitrogens with two attached hydrogens (primary N) is 1. The number of carbonyl (C=O) groups is 2. The molecule has 3 atom stereocenters. The van der Waals surface area contributed by atoms with Crippen molar-refractivity contribution in [2.24, 2.45) is 23.5 Å². The number of benzene rings is 1. The smallest absolute Gasteiger partial charge is 0.226 e. The third-order valence-corrected chi connectivity index (χ3v) is 5.52. The minimum atomic E-state index is -0.368. The summed E-state index contributed by atoms with van der Waals surface area (Å²) in [5.74, 6) is -0.571. The molecule has 1 aromatic rings. The van der Waals surface area contributed by atoms with Gasteiger partial charge in [-0.15, -0.1) is 0 Å². The molecule has 1 heterocycles. The Labute approximate surface area is 163 Å². The number of primary amides is 1. The Hall–Kier alpha value is -2.04. The predicted molar refractivity (Wildman–Crippen MR) is 110 cm³/mol. The zero-order valence-electron chi connectivity index (χ0n) is 17.2. The van der Waals surface area contributed by atoms with Crippen LogP contribution in [0.25, 0.3) is 0 Å². The van der Waals surface area contributed by atoms with Crippen molar-refractivity contribution in [2.75, 3.05) is 24.5 Å². The van der Waals surface area contributed by atoms with E-state index in [9.17, 15) is 9.59 Å². The second-order valence-electron chi connectivity index (χ2n) is 8.20. The Bertz CT molecular complexity index is 617. The van der Waals surface area contributed by atoms with Crippen LogP contribution >= 0.6 is 0 Å². The third kappa shape index (κ3) is 5.47. The van der Waals surface area contributed by atoms with Gasteiger partial charge in [-0.25, -0.2) is 0 Å². The van der Waals surface area contributed by atoms with E-state index in [0.717, 1.165) is 13.0 Å². The molecule has 0 spiro atoms. The molecule has 0 aromatic heterocycles. The molecule has 2 unspecified atom stereocenters. The first kappa shape index (κ1) is 21.3. The van der Waals surface area contributed by atoms with Crippen molar-refractivity contribution in [2.45, 2.75) is 53.0 Å². The SMILES string of the molecule is CCCC(C(N)=O)C(CC(C)C)C(=O)N1CCN(c2ccccc2)[C@H](C)C1. The quantitative estimate of drug-likeness (QED) is 0.760. The Morgan fingerprint density at radius 1 is 1.15 bits per heavy atom. The number of hydrogen-bond acceptors (Lipinski definition) is 3. The monoisotopic (exact) mass is 373 g/mol. The topological polar surface area (TPSA) is 66.6 Å². The van der Waals surface area contributed by atoms with Gasteiger partial charge in [-0.05, 0) is 37.8 Å². The molecule has 1 aliphatic heterocycles. The maximum atomic E-state index is 13.3. The fourth-order valence-corrected chi connectivity index (χ4v) is 4.19. The summed E-state index contributed by atoms with van der Waals surface area (Å²) in [6.45, 7) is 10.6. The average Bonchev–Trinajstić information content (AvgIpc) is 2.64. The van der Waals surface area contributed by atoms with Gasteiger partial charge in [-0.3, -0.25) is 9.59 Å². The molecular formula is C22H35N3O2. The van der Waals surface area contributed by atoms with Crippen LogP contribution in [-0.4, -0.2) is 42.4 Å². The summed E-state index contributed by atoms with van der Waals surface area (Å²) in [4.78, 5) is 29.7. The molecule has 1 saturated heterocycles. The number of amides is 2. The summed E-state index contributed by atoms with van der Waals surface area (Å²) in [7, 11) is 0. The van der Waals surface area contributed by atoms with E-state index in [1.54, 1.807) is 0 Å². The van der Waals surface area contributed by atoms with E-state index in [1.165, 1.54) is 5.69 Å². The number of nitrogens with zero attached hydrogens (tertiary/aromatic N) is 2. The number of anilines is 1. The second-order valence-corrected chi connectivity index (χ2v) is 8.20. The molecule has 2 N–H and O–H groups in total. The first-order valence-electron chi connectivity index (χ1n) is 10.2. The van der Waals surface area contributed by atoms with Gasteiger partial charge < -0.3 is 15.5 Å². The van der Waals surface area contributed by atoms with Crippen LogP contribution in [0.1, 0.15) is 47.0 Å². The maximum absolute atomic E-state index is 13.3. The maximum Gasteiger partial charge on any atom is 0.226 e. The summed E-state index contributed by atoms with van der Waals surface area (Å²) >= 11 is 0. The first-order valence-corrected chi connectivity index (χ1v) is 10.2. The number of hydrogen-bond donors (Lipinski definition) is 1. The average molecular weight is 374 g/mol. The van der Waals surface area contributed by atoms with Gasteiger partial charge in [0.1, 0.15) is 0 Å². The summed E-state index contributed by atoms with van der Waals surface area (Å²) in [6.07, 6.45) is 2.24. The highest BCUT2D eigenvalue weighted by Gasteiger charge is 2.37. The number of carbonyl (C=O) groups excluding carboxylic acids is 2. The molecule has 1 fully saturated rings. The third-order valence-electron chi connectivity index (χ3n) is 5.52. The predicted octanol–water partition coefficient (Wildman–Crippen LogP) is 3.29. The molecule has 1 aliphatic rings. The molecule has 2 amide bonds. The molecule has 27 heavy (non-hydrogen) atoms.